The molecule has 0 fully saturated rings. The van der Waals surface area contributed by atoms with Crippen molar-refractivity contribution in [3.05, 3.63) is 59.1 Å². The lowest BCUT2D eigenvalue weighted by molar-refractivity contribution is -0.131. The van der Waals surface area contributed by atoms with Gasteiger partial charge in [-0.15, -0.1) is 11.3 Å². The molecule has 1 unspecified atom stereocenters. The number of hydrogen-bond donors (Lipinski definition) is 0. The first-order valence-corrected chi connectivity index (χ1v) is 12.6. The molecule has 0 saturated heterocycles. The second-order valence-electron chi connectivity index (χ2n) is 7.41. The zero-order valence-corrected chi connectivity index (χ0v) is 20.3. The highest BCUT2D eigenvalue weighted by Gasteiger charge is 2.20. The van der Waals surface area contributed by atoms with Gasteiger partial charge in [0.1, 0.15) is 5.01 Å². The van der Waals surface area contributed by atoms with Crippen LogP contribution in [0, 0.1) is 0 Å². The van der Waals surface area contributed by atoms with E-state index in [4.69, 9.17) is 9.47 Å². The maximum Gasteiger partial charge on any atom is 0.228 e. The summed E-state index contributed by atoms with van der Waals surface area (Å²) in [6, 6.07) is 12.0. The molecule has 1 heterocycles. The van der Waals surface area contributed by atoms with Gasteiger partial charge in [0.25, 0.3) is 0 Å². The zero-order valence-electron chi connectivity index (χ0n) is 18.7. The predicted octanol–water partition coefficient (Wildman–Crippen LogP) is 3.99. The number of rotatable bonds is 8. The molecule has 32 heavy (non-hydrogen) atoms. The van der Waals surface area contributed by atoms with E-state index in [-0.39, 0.29) is 23.3 Å². The van der Waals surface area contributed by atoms with Crippen LogP contribution in [0.2, 0.25) is 0 Å². The number of carbonyl (C=O) groups excluding carboxylic acids is 1. The van der Waals surface area contributed by atoms with Crippen molar-refractivity contribution in [3.8, 4) is 22.1 Å². The number of ether oxygens (including phenoxy) is 2. The van der Waals surface area contributed by atoms with Crippen molar-refractivity contribution in [1.82, 2.24) is 9.88 Å². The Bertz CT molecular complexity index is 1200. The van der Waals surface area contributed by atoms with Crippen LogP contribution in [-0.2, 0) is 21.1 Å². The first-order valence-electron chi connectivity index (χ1n) is 9.86. The van der Waals surface area contributed by atoms with E-state index in [9.17, 15) is 13.2 Å². The first kappa shape index (κ1) is 23.7. The van der Waals surface area contributed by atoms with E-state index in [2.05, 4.69) is 4.98 Å². The Morgan fingerprint density at radius 1 is 1.09 bits per heavy atom. The minimum atomic E-state index is -3.25. The minimum absolute atomic E-state index is 0.0751. The molecule has 0 radical (unpaired) electrons. The number of likely N-dealkylation sites (N-methyl/N-ethyl adjacent to an activating group) is 1. The second-order valence-corrected chi connectivity index (χ2v) is 10.3. The van der Waals surface area contributed by atoms with Crippen molar-refractivity contribution in [2.45, 2.75) is 24.3 Å². The Balaban J connectivity index is 1.70. The predicted molar refractivity (Wildman–Crippen MR) is 125 cm³/mol. The average Bonchev–Trinajstić information content (AvgIpc) is 3.25. The summed E-state index contributed by atoms with van der Waals surface area (Å²) in [7, 11) is 1.65. The summed E-state index contributed by atoms with van der Waals surface area (Å²) in [5.74, 6) is 1.19. The summed E-state index contributed by atoms with van der Waals surface area (Å²) < 4.78 is 33.9. The van der Waals surface area contributed by atoms with Crippen LogP contribution in [0.1, 0.15) is 24.2 Å². The molecule has 0 N–H and O–H groups in total. The molecule has 0 saturated carbocycles. The van der Waals surface area contributed by atoms with E-state index < -0.39 is 9.84 Å². The number of carbonyl (C=O) groups is 1. The van der Waals surface area contributed by atoms with Gasteiger partial charge in [-0.2, -0.15) is 0 Å². The number of thiazole rings is 1. The number of benzene rings is 2. The van der Waals surface area contributed by atoms with Crippen molar-refractivity contribution < 1.29 is 22.7 Å². The van der Waals surface area contributed by atoms with Crippen LogP contribution in [0.25, 0.3) is 10.6 Å². The number of methoxy groups -OCH3 is 2. The molecule has 9 heteroatoms. The van der Waals surface area contributed by atoms with E-state index in [1.54, 1.807) is 50.4 Å². The van der Waals surface area contributed by atoms with Crippen LogP contribution < -0.4 is 9.47 Å². The van der Waals surface area contributed by atoms with E-state index in [1.807, 2.05) is 30.5 Å². The van der Waals surface area contributed by atoms with Gasteiger partial charge in [-0.1, -0.05) is 12.1 Å². The molecule has 1 atom stereocenters. The summed E-state index contributed by atoms with van der Waals surface area (Å²) in [5.41, 5.74) is 2.44. The maximum atomic E-state index is 12.8. The molecular weight excluding hydrogens is 448 g/mol. The average molecular weight is 475 g/mol. The van der Waals surface area contributed by atoms with E-state index in [0.717, 1.165) is 16.1 Å². The molecule has 3 rings (SSSR count). The van der Waals surface area contributed by atoms with Gasteiger partial charge in [0, 0.05) is 24.2 Å². The number of sulfone groups is 1. The summed E-state index contributed by atoms with van der Waals surface area (Å²) in [5, 5.41) is 2.67. The Morgan fingerprint density at radius 3 is 2.34 bits per heavy atom. The molecule has 7 nitrogen and oxygen atoms in total. The number of nitrogens with zero attached hydrogens (tertiary/aromatic N) is 2. The molecule has 1 aromatic heterocycles. The topological polar surface area (TPSA) is 85.8 Å². The number of amides is 1. The Hall–Kier alpha value is -2.91. The number of aromatic nitrogens is 1. The smallest absolute Gasteiger partial charge is 0.228 e. The molecule has 170 valence electrons. The first-order chi connectivity index (χ1) is 15.1. The molecule has 0 aliphatic rings. The lowest BCUT2D eigenvalue weighted by Gasteiger charge is -2.25. The molecule has 3 aromatic rings. The van der Waals surface area contributed by atoms with Crippen LogP contribution in [-0.4, -0.2) is 51.7 Å². The Morgan fingerprint density at radius 2 is 1.75 bits per heavy atom. The Kier molecular flexibility index (Phi) is 7.20. The van der Waals surface area contributed by atoms with Gasteiger partial charge in [-0.05, 0) is 42.8 Å². The second kappa shape index (κ2) is 9.70. The van der Waals surface area contributed by atoms with Gasteiger partial charge in [-0.3, -0.25) is 4.79 Å². The quantitative estimate of drug-likeness (QED) is 0.491. The lowest BCUT2D eigenvalue weighted by Crippen LogP contribution is -2.31. The van der Waals surface area contributed by atoms with Gasteiger partial charge in [0.05, 0.1) is 37.3 Å². The summed E-state index contributed by atoms with van der Waals surface area (Å²) in [6.07, 6.45) is 1.34. The normalized spacial score (nSPS) is 12.3. The van der Waals surface area contributed by atoms with Gasteiger partial charge in [-0.25, -0.2) is 13.4 Å². The van der Waals surface area contributed by atoms with E-state index >= 15 is 0 Å². The van der Waals surface area contributed by atoms with Crippen molar-refractivity contribution in [2.75, 3.05) is 27.5 Å². The molecule has 1 amide bonds. The van der Waals surface area contributed by atoms with Gasteiger partial charge >= 0.3 is 0 Å². The fourth-order valence-electron chi connectivity index (χ4n) is 3.20. The Labute approximate surface area is 192 Å². The van der Waals surface area contributed by atoms with Crippen molar-refractivity contribution in [3.63, 3.8) is 0 Å². The fourth-order valence-corrected chi connectivity index (χ4v) is 4.65. The summed E-state index contributed by atoms with van der Waals surface area (Å²) in [4.78, 5) is 19.4. The molecule has 0 spiro atoms. The van der Waals surface area contributed by atoms with Gasteiger partial charge < -0.3 is 14.4 Å². The third-order valence-electron chi connectivity index (χ3n) is 5.28. The third kappa shape index (κ3) is 5.28. The monoisotopic (exact) mass is 474 g/mol. The molecular formula is C23H26N2O5S2. The highest BCUT2D eigenvalue weighted by molar-refractivity contribution is 7.90. The van der Waals surface area contributed by atoms with E-state index in [0.29, 0.717) is 17.2 Å². The van der Waals surface area contributed by atoms with Gasteiger partial charge in [0.15, 0.2) is 21.3 Å². The summed E-state index contributed by atoms with van der Waals surface area (Å²) in [6.45, 7) is 1.91. The van der Waals surface area contributed by atoms with Crippen molar-refractivity contribution in [2.24, 2.45) is 0 Å². The van der Waals surface area contributed by atoms with Crippen LogP contribution >= 0.6 is 11.3 Å². The highest BCUT2D eigenvalue weighted by atomic mass is 32.2. The van der Waals surface area contributed by atoms with Gasteiger partial charge in [0.2, 0.25) is 5.91 Å². The van der Waals surface area contributed by atoms with E-state index in [1.165, 1.54) is 17.6 Å². The van der Waals surface area contributed by atoms with Crippen molar-refractivity contribution >= 4 is 27.1 Å². The van der Waals surface area contributed by atoms with Crippen LogP contribution in [0.15, 0.2) is 52.7 Å². The highest BCUT2D eigenvalue weighted by Crippen LogP contribution is 2.33. The zero-order chi connectivity index (χ0) is 23.5. The SMILES string of the molecule is COc1ccc(-c2nc(CC(=O)N(C)C(C)c3ccc(S(C)(=O)=O)cc3)cs2)cc1OC. The molecule has 0 bridgehead atoms. The standard InChI is InChI=1S/C23H26N2O5S2/c1-15(16-6-9-19(10-7-16)32(5,27)28)25(2)22(26)13-18-14-31-23(24-18)17-8-11-20(29-3)21(12-17)30-4/h6-12,14-15H,13H2,1-5H3. The summed E-state index contributed by atoms with van der Waals surface area (Å²) >= 11 is 1.46. The fraction of sp³-hybridized carbons (Fsp3) is 0.304. The minimum Gasteiger partial charge on any atom is -0.493 e. The van der Waals surface area contributed by atoms with Crippen LogP contribution in [0.3, 0.4) is 0 Å². The lowest BCUT2D eigenvalue weighted by atomic mass is 10.1. The largest absolute Gasteiger partial charge is 0.493 e. The van der Waals surface area contributed by atoms with Crippen LogP contribution in [0.4, 0.5) is 0 Å². The number of hydrogen-bond acceptors (Lipinski definition) is 7. The molecule has 0 aliphatic carbocycles. The maximum absolute atomic E-state index is 12.8. The van der Waals surface area contributed by atoms with Crippen molar-refractivity contribution in [1.29, 1.82) is 0 Å². The molecule has 0 aliphatic heterocycles. The molecule has 2 aromatic carbocycles. The van der Waals surface area contributed by atoms with Crippen LogP contribution in [0.5, 0.6) is 11.5 Å². The third-order valence-corrected chi connectivity index (χ3v) is 7.35.